The number of carbonyl (C=O) groups is 2. The number of nitrogens with one attached hydrogen (secondary N) is 1. The van der Waals surface area contributed by atoms with E-state index in [4.69, 9.17) is 11.6 Å². The number of hydrogen-bond donors (Lipinski definition) is 1. The van der Waals surface area contributed by atoms with Gasteiger partial charge in [0.05, 0.1) is 23.5 Å². The normalized spacial score (nSPS) is 10.6. The van der Waals surface area contributed by atoms with Gasteiger partial charge in [0.2, 0.25) is 0 Å². The molecule has 2 aromatic rings. The van der Waals surface area contributed by atoms with E-state index in [1.807, 2.05) is 18.2 Å². The van der Waals surface area contributed by atoms with Crippen LogP contribution in [0.2, 0.25) is 5.02 Å². The van der Waals surface area contributed by atoms with Crippen LogP contribution in [0.3, 0.4) is 0 Å². The maximum atomic E-state index is 12.6. The number of carbonyl (C=O) groups excluding carboxylic acids is 2. The molecule has 0 saturated carbocycles. The summed E-state index contributed by atoms with van der Waals surface area (Å²) in [4.78, 5) is 28.5. The number of amides is 1. The van der Waals surface area contributed by atoms with Crippen molar-refractivity contribution in [2.45, 2.75) is 25.4 Å². The second-order valence-corrected chi connectivity index (χ2v) is 6.69. The average Bonchev–Trinajstić information content (AvgIpc) is 2.94. The van der Waals surface area contributed by atoms with Crippen LogP contribution in [0, 0.1) is 6.92 Å². The largest absolute Gasteiger partial charge is 0.468 e. The topological polar surface area (TPSA) is 73.2 Å². The lowest BCUT2D eigenvalue weighted by Gasteiger charge is -2.13. The molecule has 1 amide bonds. The monoisotopic (exact) mass is 381 g/mol. The number of ether oxygens (including phenoxy) is 1. The van der Waals surface area contributed by atoms with Gasteiger partial charge in [0.1, 0.15) is 12.2 Å². The molecule has 0 unspecified atom stereocenters. The number of esters is 1. The minimum atomic E-state index is -0.518. The van der Waals surface area contributed by atoms with E-state index in [1.54, 1.807) is 29.3 Å². The summed E-state index contributed by atoms with van der Waals surface area (Å²) in [6, 6.07) is 7.26. The Bertz CT molecular complexity index is 776. The van der Waals surface area contributed by atoms with E-state index in [2.05, 4.69) is 22.0 Å². The molecule has 0 aliphatic heterocycles. The van der Waals surface area contributed by atoms with Crippen molar-refractivity contribution < 1.29 is 14.3 Å². The van der Waals surface area contributed by atoms with E-state index in [0.717, 1.165) is 12.2 Å². The molecule has 1 heterocycles. The molecule has 1 aromatic carbocycles. The van der Waals surface area contributed by atoms with Crippen LogP contribution in [0.25, 0.3) is 5.69 Å². The minimum absolute atomic E-state index is 0.208. The second-order valence-electron chi connectivity index (χ2n) is 5.22. The number of para-hydroxylation sites is 1. The zero-order valence-electron chi connectivity index (χ0n) is 14.3. The summed E-state index contributed by atoms with van der Waals surface area (Å²) in [6.45, 7) is 3.63. The number of hydrogen-bond acceptors (Lipinski definition) is 5. The highest BCUT2D eigenvalue weighted by Gasteiger charge is 2.23. The second kappa shape index (κ2) is 8.92. The SMILES string of the molecule is CCCSc1nc(C)c(C(=O)NCC(=O)OC)n1-c1ccccc1Cl. The Balaban J connectivity index is 2.48. The van der Waals surface area contributed by atoms with Crippen molar-refractivity contribution in [3.63, 3.8) is 0 Å². The Labute approximate surface area is 155 Å². The number of methoxy groups -OCH3 is 1. The molecule has 6 nitrogen and oxygen atoms in total. The van der Waals surface area contributed by atoms with Crippen LogP contribution in [0.15, 0.2) is 29.4 Å². The van der Waals surface area contributed by atoms with E-state index in [-0.39, 0.29) is 6.54 Å². The van der Waals surface area contributed by atoms with E-state index in [0.29, 0.717) is 27.3 Å². The summed E-state index contributed by atoms with van der Waals surface area (Å²) in [5.41, 5.74) is 1.60. The number of rotatable bonds is 7. The van der Waals surface area contributed by atoms with Crippen LogP contribution in [0.1, 0.15) is 29.5 Å². The minimum Gasteiger partial charge on any atom is -0.468 e. The summed E-state index contributed by atoms with van der Waals surface area (Å²) in [5.74, 6) is -0.0570. The first-order valence-corrected chi connectivity index (χ1v) is 9.18. The Morgan fingerprint density at radius 2 is 2.08 bits per heavy atom. The Morgan fingerprint density at radius 1 is 1.36 bits per heavy atom. The van der Waals surface area contributed by atoms with Gasteiger partial charge in [0.25, 0.3) is 5.91 Å². The van der Waals surface area contributed by atoms with Crippen LogP contribution < -0.4 is 5.32 Å². The summed E-state index contributed by atoms with van der Waals surface area (Å²) in [7, 11) is 1.27. The fourth-order valence-electron chi connectivity index (χ4n) is 2.22. The van der Waals surface area contributed by atoms with E-state index < -0.39 is 11.9 Å². The fourth-order valence-corrected chi connectivity index (χ4v) is 3.35. The van der Waals surface area contributed by atoms with Crippen LogP contribution in [0.5, 0.6) is 0 Å². The third-order valence-corrected chi connectivity index (χ3v) is 4.85. The number of halogens is 1. The van der Waals surface area contributed by atoms with Crippen molar-refractivity contribution in [1.82, 2.24) is 14.9 Å². The van der Waals surface area contributed by atoms with Gasteiger partial charge in [0.15, 0.2) is 5.16 Å². The molecule has 1 N–H and O–H groups in total. The standard InChI is InChI=1S/C17H20ClN3O3S/c1-4-9-25-17-20-11(2)15(16(23)19-10-14(22)24-3)21(17)13-8-6-5-7-12(13)18/h5-8H,4,9-10H2,1-3H3,(H,19,23). The first-order valence-electron chi connectivity index (χ1n) is 7.81. The molecular weight excluding hydrogens is 362 g/mol. The van der Waals surface area contributed by atoms with Crippen LogP contribution in [0.4, 0.5) is 0 Å². The molecule has 0 fully saturated rings. The molecule has 0 atom stereocenters. The van der Waals surface area contributed by atoms with Gasteiger partial charge in [0, 0.05) is 5.75 Å². The number of benzene rings is 1. The van der Waals surface area contributed by atoms with Gasteiger partial charge in [-0.3, -0.25) is 14.2 Å². The Hall–Kier alpha value is -1.99. The van der Waals surface area contributed by atoms with E-state index in [9.17, 15) is 9.59 Å². The zero-order valence-corrected chi connectivity index (χ0v) is 15.9. The fraction of sp³-hybridized carbons (Fsp3) is 0.353. The highest BCUT2D eigenvalue weighted by atomic mass is 35.5. The molecule has 0 aliphatic carbocycles. The number of aromatic nitrogens is 2. The molecule has 1 aromatic heterocycles. The molecular formula is C17H20ClN3O3S. The number of aryl methyl sites for hydroxylation is 1. The Morgan fingerprint density at radius 3 is 2.72 bits per heavy atom. The predicted octanol–water partition coefficient (Wildman–Crippen LogP) is 3.24. The maximum Gasteiger partial charge on any atom is 0.325 e. The highest BCUT2D eigenvalue weighted by molar-refractivity contribution is 7.99. The quantitative estimate of drug-likeness (QED) is 0.588. The molecule has 25 heavy (non-hydrogen) atoms. The lowest BCUT2D eigenvalue weighted by Crippen LogP contribution is -2.32. The third-order valence-electron chi connectivity index (χ3n) is 3.39. The molecule has 134 valence electrons. The average molecular weight is 382 g/mol. The maximum absolute atomic E-state index is 12.6. The van der Waals surface area contributed by atoms with Crippen LogP contribution >= 0.6 is 23.4 Å². The van der Waals surface area contributed by atoms with Gasteiger partial charge in [-0.05, 0) is 25.5 Å². The van der Waals surface area contributed by atoms with Gasteiger partial charge in [-0.25, -0.2) is 4.98 Å². The lowest BCUT2D eigenvalue weighted by molar-refractivity contribution is -0.139. The molecule has 0 spiro atoms. The molecule has 8 heteroatoms. The van der Waals surface area contributed by atoms with Gasteiger partial charge in [-0.15, -0.1) is 0 Å². The molecule has 0 radical (unpaired) electrons. The lowest BCUT2D eigenvalue weighted by atomic mass is 10.2. The van der Waals surface area contributed by atoms with Crippen molar-refractivity contribution in [3.05, 3.63) is 40.7 Å². The predicted molar refractivity (Wildman–Crippen MR) is 98.7 cm³/mol. The number of thioether (sulfide) groups is 1. The molecule has 0 aliphatic rings. The molecule has 2 rings (SSSR count). The van der Waals surface area contributed by atoms with Crippen molar-refractivity contribution >= 4 is 35.2 Å². The van der Waals surface area contributed by atoms with Gasteiger partial charge < -0.3 is 10.1 Å². The van der Waals surface area contributed by atoms with Gasteiger partial charge in [-0.1, -0.05) is 42.4 Å². The number of nitrogens with zero attached hydrogens (tertiary/aromatic N) is 2. The summed E-state index contributed by atoms with van der Waals surface area (Å²) >= 11 is 7.89. The van der Waals surface area contributed by atoms with Gasteiger partial charge >= 0.3 is 5.97 Å². The summed E-state index contributed by atoms with van der Waals surface area (Å²) in [6.07, 6.45) is 0.975. The van der Waals surface area contributed by atoms with Crippen LogP contribution in [-0.4, -0.2) is 40.8 Å². The number of imidazole rings is 1. The summed E-state index contributed by atoms with van der Waals surface area (Å²) < 4.78 is 6.30. The van der Waals surface area contributed by atoms with Crippen molar-refractivity contribution in [2.75, 3.05) is 19.4 Å². The van der Waals surface area contributed by atoms with Crippen LogP contribution in [-0.2, 0) is 9.53 Å². The highest BCUT2D eigenvalue weighted by Crippen LogP contribution is 2.30. The molecule has 0 bridgehead atoms. The van der Waals surface area contributed by atoms with Crippen molar-refractivity contribution in [2.24, 2.45) is 0 Å². The van der Waals surface area contributed by atoms with Gasteiger partial charge in [-0.2, -0.15) is 0 Å². The van der Waals surface area contributed by atoms with Crippen molar-refractivity contribution in [3.8, 4) is 5.69 Å². The van der Waals surface area contributed by atoms with E-state index in [1.165, 1.54) is 7.11 Å². The summed E-state index contributed by atoms with van der Waals surface area (Å²) in [5, 5.41) is 3.77. The first-order chi connectivity index (χ1) is 12.0. The Kier molecular flexibility index (Phi) is 6.90. The van der Waals surface area contributed by atoms with E-state index >= 15 is 0 Å². The molecule has 0 saturated heterocycles. The zero-order chi connectivity index (χ0) is 18.4. The smallest absolute Gasteiger partial charge is 0.325 e. The third kappa shape index (κ3) is 4.55. The first kappa shape index (κ1) is 19.3. The van der Waals surface area contributed by atoms with Crippen molar-refractivity contribution in [1.29, 1.82) is 0 Å².